The monoisotopic (exact) mass is 381 g/mol. The number of fused-ring (bicyclic) bond motifs is 1. The van der Waals surface area contributed by atoms with E-state index >= 15 is 0 Å². The van der Waals surface area contributed by atoms with Gasteiger partial charge < -0.3 is 25.1 Å². The fraction of sp³-hybridized carbons (Fsp3) is 0.409. The number of nitrogens with zero attached hydrogens (tertiary/aromatic N) is 1. The molecule has 0 aliphatic carbocycles. The second-order valence-electron chi connectivity index (χ2n) is 7.60. The number of esters is 1. The van der Waals surface area contributed by atoms with E-state index in [2.05, 4.69) is 35.3 Å². The number of H-pyrrole nitrogens is 1. The summed E-state index contributed by atoms with van der Waals surface area (Å²) < 4.78 is 11.5. The van der Waals surface area contributed by atoms with Crippen LogP contribution in [-0.4, -0.2) is 40.8 Å². The second kappa shape index (κ2) is 8.20. The molecule has 148 valence electrons. The number of nitrogens with two attached hydrogens (primary N) is 1. The van der Waals surface area contributed by atoms with Gasteiger partial charge in [0.25, 0.3) is 0 Å². The van der Waals surface area contributed by atoms with Crippen molar-refractivity contribution < 1.29 is 14.3 Å². The van der Waals surface area contributed by atoms with Gasteiger partial charge in [-0.1, -0.05) is 29.8 Å². The highest BCUT2D eigenvalue weighted by atomic mass is 16.6. The molecule has 0 spiro atoms. The largest absolute Gasteiger partial charge is 0.462 e. The van der Waals surface area contributed by atoms with Crippen LogP contribution in [-0.2, 0) is 20.7 Å². The molecule has 0 radical (unpaired) electrons. The molecule has 3 N–H and O–H groups in total. The number of nitrogens with one attached hydrogen (secondary N) is 1. The molecule has 0 bridgehead atoms. The lowest BCUT2D eigenvalue weighted by Gasteiger charge is -2.27. The molecule has 28 heavy (non-hydrogen) atoms. The van der Waals surface area contributed by atoms with Gasteiger partial charge in [-0.3, -0.25) is 4.79 Å². The Morgan fingerprint density at radius 2 is 2.25 bits per heavy atom. The van der Waals surface area contributed by atoms with Crippen LogP contribution in [0.1, 0.15) is 31.7 Å². The lowest BCUT2D eigenvalue weighted by molar-refractivity contribution is -0.150. The van der Waals surface area contributed by atoms with Crippen LogP contribution in [0.15, 0.2) is 54.5 Å². The summed E-state index contributed by atoms with van der Waals surface area (Å²) in [4.78, 5) is 17.7. The third-order valence-electron chi connectivity index (χ3n) is 5.33. The Bertz CT molecular complexity index is 901. The Hall–Kier alpha value is -2.57. The maximum atomic E-state index is 12.3. The first-order valence-corrected chi connectivity index (χ1v) is 9.84. The first kappa shape index (κ1) is 18.8. The highest BCUT2D eigenvalue weighted by Gasteiger charge is 2.30. The fourth-order valence-corrected chi connectivity index (χ4v) is 3.82. The first-order valence-electron chi connectivity index (χ1n) is 9.84. The van der Waals surface area contributed by atoms with Gasteiger partial charge in [0.15, 0.2) is 0 Å². The highest BCUT2D eigenvalue weighted by Crippen LogP contribution is 2.26. The van der Waals surface area contributed by atoms with Crippen LogP contribution in [0.2, 0.25) is 0 Å². The van der Waals surface area contributed by atoms with Crippen molar-refractivity contribution in [3.63, 3.8) is 0 Å². The minimum Gasteiger partial charge on any atom is -0.462 e. The molecule has 2 aliphatic rings. The molecule has 6 heteroatoms. The second-order valence-corrected chi connectivity index (χ2v) is 7.60. The van der Waals surface area contributed by atoms with Crippen molar-refractivity contribution in [1.29, 1.82) is 0 Å². The minimum atomic E-state index is -0.688. The summed E-state index contributed by atoms with van der Waals surface area (Å²) in [6.07, 6.45) is 11.4. The number of para-hydroxylation sites is 1. The van der Waals surface area contributed by atoms with Gasteiger partial charge in [0.05, 0.1) is 6.10 Å². The Labute approximate surface area is 165 Å². The predicted octanol–water partition coefficient (Wildman–Crippen LogP) is 3.21. The van der Waals surface area contributed by atoms with E-state index in [1.807, 2.05) is 30.5 Å². The van der Waals surface area contributed by atoms with Gasteiger partial charge in [0.2, 0.25) is 0 Å². The van der Waals surface area contributed by atoms with E-state index in [1.165, 1.54) is 5.57 Å². The predicted molar refractivity (Wildman–Crippen MR) is 108 cm³/mol. The zero-order valence-corrected chi connectivity index (χ0v) is 16.1. The van der Waals surface area contributed by atoms with E-state index in [0.29, 0.717) is 6.42 Å². The normalized spacial score (nSPS) is 23.1. The van der Waals surface area contributed by atoms with Gasteiger partial charge in [-0.05, 0) is 37.8 Å². The Morgan fingerprint density at radius 1 is 1.39 bits per heavy atom. The van der Waals surface area contributed by atoms with Crippen molar-refractivity contribution >= 4 is 16.9 Å². The summed E-state index contributed by atoms with van der Waals surface area (Å²) in [5, 5.41) is 1.09. The number of aromatic nitrogens is 1. The van der Waals surface area contributed by atoms with Gasteiger partial charge in [-0.2, -0.15) is 0 Å². The van der Waals surface area contributed by atoms with Gasteiger partial charge in [-0.25, -0.2) is 0 Å². The quantitative estimate of drug-likeness (QED) is 0.751. The number of rotatable bonds is 6. The first-order chi connectivity index (χ1) is 13.6. The van der Waals surface area contributed by atoms with Crippen LogP contribution < -0.4 is 5.73 Å². The molecule has 0 amide bonds. The molecule has 2 aromatic rings. The molecule has 1 fully saturated rings. The summed E-state index contributed by atoms with van der Waals surface area (Å²) >= 11 is 0. The third-order valence-corrected chi connectivity index (χ3v) is 5.33. The summed E-state index contributed by atoms with van der Waals surface area (Å²) in [6.45, 7) is 2.36. The Morgan fingerprint density at radius 3 is 3.11 bits per heavy atom. The molecule has 4 rings (SSSR count). The van der Waals surface area contributed by atoms with Crippen LogP contribution in [0.25, 0.3) is 10.9 Å². The van der Waals surface area contributed by atoms with E-state index in [-0.39, 0.29) is 24.9 Å². The molecule has 3 heterocycles. The number of aromatic amines is 1. The third kappa shape index (κ3) is 4.13. The van der Waals surface area contributed by atoms with E-state index in [9.17, 15) is 4.79 Å². The number of carbonyl (C=O) groups excluding carboxylic acids is 1. The van der Waals surface area contributed by atoms with Crippen LogP contribution in [0.4, 0.5) is 0 Å². The van der Waals surface area contributed by atoms with Crippen LogP contribution in [0, 0.1) is 0 Å². The molecule has 6 nitrogen and oxygen atoms in total. The van der Waals surface area contributed by atoms with Gasteiger partial charge in [0, 0.05) is 35.9 Å². The standard InChI is InChI=1S/C22H27N3O3/c1-15-5-4-10-25(13-15)21-9-8-17(28-21)14-27-22(26)19(23)11-16-12-24-20-7-3-2-6-18(16)20/h2-4,6-7,10,12-13,17,19,21,24H,5,8-9,11,14,23H2,1H3. The minimum absolute atomic E-state index is 0.00935. The zero-order valence-electron chi connectivity index (χ0n) is 16.1. The molecule has 3 atom stereocenters. The Balaban J connectivity index is 1.26. The van der Waals surface area contributed by atoms with Gasteiger partial charge in [-0.15, -0.1) is 0 Å². The molecule has 3 unspecified atom stereocenters. The van der Waals surface area contributed by atoms with Gasteiger partial charge >= 0.3 is 5.97 Å². The fourth-order valence-electron chi connectivity index (χ4n) is 3.82. The van der Waals surface area contributed by atoms with Crippen LogP contribution in [0.5, 0.6) is 0 Å². The lowest BCUT2D eigenvalue weighted by Crippen LogP contribution is -2.36. The summed E-state index contributed by atoms with van der Waals surface area (Å²) in [7, 11) is 0. The number of ether oxygens (including phenoxy) is 2. The van der Waals surface area contributed by atoms with Crippen molar-refractivity contribution in [3.05, 3.63) is 60.1 Å². The number of hydrogen-bond donors (Lipinski definition) is 2. The number of carbonyl (C=O) groups is 1. The average molecular weight is 381 g/mol. The van der Waals surface area contributed by atoms with Crippen molar-refractivity contribution in [3.8, 4) is 0 Å². The molecular formula is C22H27N3O3. The number of allylic oxidation sites excluding steroid dienone is 2. The summed E-state index contributed by atoms with van der Waals surface area (Å²) in [6, 6.07) is 7.29. The van der Waals surface area contributed by atoms with E-state index in [1.54, 1.807) is 0 Å². The number of benzene rings is 1. The number of hydrogen-bond acceptors (Lipinski definition) is 5. The molecular weight excluding hydrogens is 354 g/mol. The van der Waals surface area contributed by atoms with Crippen molar-refractivity contribution in [1.82, 2.24) is 9.88 Å². The maximum Gasteiger partial charge on any atom is 0.323 e. The SMILES string of the molecule is CC1=CN(C2CCC(COC(=O)C(N)Cc3c[nH]c4ccccc34)O2)C=CC1. The summed E-state index contributed by atoms with van der Waals surface area (Å²) in [5.74, 6) is -0.383. The van der Waals surface area contributed by atoms with Crippen molar-refractivity contribution in [2.45, 2.75) is 51.0 Å². The molecule has 0 saturated carbocycles. The smallest absolute Gasteiger partial charge is 0.323 e. The maximum absolute atomic E-state index is 12.3. The zero-order chi connectivity index (χ0) is 19.5. The van der Waals surface area contributed by atoms with Crippen LogP contribution in [0.3, 0.4) is 0 Å². The van der Waals surface area contributed by atoms with E-state index in [4.69, 9.17) is 15.2 Å². The van der Waals surface area contributed by atoms with Crippen molar-refractivity contribution in [2.75, 3.05) is 6.61 Å². The van der Waals surface area contributed by atoms with Crippen LogP contribution >= 0.6 is 0 Å². The van der Waals surface area contributed by atoms with E-state index < -0.39 is 6.04 Å². The van der Waals surface area contributed by atoms with Gasteiger partial charge in [0.1, 0.15) is 18.9 Å². The molecule has 1 aromatic heterocycles. The summed E-state index contributed by atoms with van der Waals surface area (Å²) in [5.41, 5.74) is 9.46. The molecule has 1 aromatic carbocycles. The highest BCUT2D eigenvalue weighted by molar-refractivity contribution is 5.84. The molecule has 2 aliphatic heterocycles. The molecule has 1 saturated heterocycles. The average Bonchev–Trinajstić information content (AvgIpc) is 3.34. The van der Waals surface area contributed by atoms with E-state index in [0.717, 1.165) is 35.7 Å². The van der Waals surface area contributed by atoms with Crippen molar-refractivity contribution in [2.24, 2.45) is 5.73 Å². The Kier molecular flexibility index (Phi) is 5.50. The lowest BCUT2D eigenvalue weighted by atomic mass is 10.1. The topological polar surface area (TPSA) is 80.6 Å².